The van der Waals surface area contributed by atoms with E-state index in [9.17, 15) is 9.59 Å². The zero-order valence-electron chi connectivity index (χ0n) is 10.9. The smallest absolute Gasteiger partial charge is 0.326 e. The second kappa shape index (κ2) is 6.00. The summed E-state index contributed by atoms with van der Waals surface area (Å²) >= 11 is 5.97. The summed E-state index contributed by atoms with van der Waals surface area (Å²) < 4.78 is 5.02. The topological polar surface area (TPSA) is 78.9 Å². The number of carbonyl (C=O) groups excluding carboxylic acids is 1. The van der Waals surface area contributed by atoms with Gasteiger partial charge >= 0.3 is 12.0 Å². The van der Waals surface area contributed by atoms with Crippen molar-refractivity contribution in [1.82, 2.24) is 4.90 Å². The molecule has 7 heteroatoms. The van der Waals surface area contributed by atoms with Crippen LogP contribution in [0.3, 0.4) is 0 Å². The Kier molecular flexibility index (Phi) is 4.34. The molecule has 0 radical (unpaired) electrons. The van der Waals surface area contributed by atoms with Crippen LogP contribution in [0.15, 0.2) is 18.2 Å². The molecule has 6 nitrogen and oxygen atoms in total. The van der Waals surface area contributed by atoms with Gasteiger partial charge in [0.25, 0.3) is 0 Å². The normalized spacial score (nSPS) is 17.9. The largest absolute Gasteiger partial charge is 0.495 e. The summed E-state index contributed by atoms with van der Waals surface area (Å²) in [6.45, 7) is 0.437. The van der Waals surface area contributed by atoms with Gasteiger partial charge in [-0.05, 0) is 31.0 Å². The van der Waals surface area contributed by atoms with E-state index in [1.165, 1.54) is 12.0 Å². The van der Waals surface area contributed by atoms with Crippen molar-refractivity contribution in [1.29, 1.82) is 0 Å². The third kappa shape index (κ3) is 2.96. The average molecular weight is 299 g/mol. The standard InChI is InChI=1S/C13H15ClN2O4/c1-20-11-5-4-8(7-9(11)14)15-13(19)16-6-2-3-10(16)12(17)18/h4-5,7,10H,2-3,6H2,1H3,(H,15,19)(H,17,18)/t10-/m1/s1. The number of amides is 2. The van der Waals surface area contributed by atoms with Crippen LogP contribution in [0.5, 0.6) is 5.75 Å². The first-order valence-electron chi connectivity index (χ1n) is 6.17. The first kappa shape index (κ1) is 14.5. The highest BCUT2D eigenvalue weighted by Gasteiger charge is 2.33. The zero-order chi connectivity index (χ0) is 14.7. The number of carboxylic acid groups (broad SMARTS) is 1. The van der Waals surface area contributed by atoms with Crippen LogP contribution in [-0.4, -0.2) is 41.7 Å². The highest BCUT2D eigenvalue weighted by atomic mass is 35.5. The van der Waals surface area contributed by atoms with Gasteiger partial charge in [0.15, 0.2) is 0 Å². The molecule has 1 fully saturated rings. The van der Waals surface area contributed by atoms with Crippen molar-refractivity contribution in [3.8, 4) is 5.75 Å². The fraction of sp³-hybridized carbons (Fsp3) is 0.385. The van der Waals surface area contributed by atoms with E-state index >= 15 is 0 Å². The predicted molar refractivity (Wildman–Crippen MR) is 74.4 cm³/mol. The lowest BCUT2D eigenvalue weighted by molar-refractivity contribution is -0.141. The van der Waals surface area contributed by atoms with Crippen molar-refractivity contribution in [2.24, 2.45) is 0 Å². The Labute approximate surface area is 121 Å². The number of urea groups is 1. The van der Waals surface area contributed by atoms with Gasteiger partial charge in [0.05, 0.1) is 12.1 Å². The molecule has 2 rings (SSSR count). The third-order valence-electron chi connectivity index (χ3n) is 3.20. The van der Waals surface area contributed by atoms with Crippen molar-refractivity contribution >= 4 is 29.3 Å². The summed E-state index contributed by atoms with van der Waals surface area (Å²) in [6.07, 6.45) is 1.17. The number of benzene rings is 1. The number of carboxylic acids is 1. The van der Waals surface area contributed by atoms with Gasteiger partial charge in [-0.3, -0.25) is 0 Å². The van der Waals surface area contributed by atoms with Crippen molar-refractivity contribution in [3.63, 3.8) is 0 Å². The predicted octanol–water partition coefficient (Wildman–Crippen LogP) is 2.43. The Morgan fingerprint density at radius 2 is 2.25 bits per heavy atom. The summed E-state index contributed by atoms with van der Waals surface area (Å²) in [5, 5.41) is 12.1. The van der Waals surface area contributed by atoms with E-state index < -0.39 is 18.0 Å². The lowest BCUT2D eigenvalue weighted by Crippen LogP contribution is -2.42. The Bertz CT molecular complexity index is 535. The quantitative estimate of drug-likeness (QED) is 0.898. The second-order valence-corrected chi connectivity index (χ2v) is 4.88. The van der Waals surface area contributed by atoms with E-state index in [2.05, 4.69) is 5.32 Å². The molecule has 0 saturated carbocycles. The molecule has 108 valence electrons. The number of hydrogen-bond donors (Lipinski definition) is 2. The van der Waals surface area contributed by atoms with Gasteiger partial charge in [0.1, 0.15) is 11.8 Å². The second-order valence-electron chi connectivity index (χ2n) is 4.47. The number of carbonyl (C=O) groups is 2. The fourth-order valence-corrected chi connectivity index (χ4v) is 2.46. The Morgan fingerprint density at radius 3 is 2.85 bits per heavy atom. The first-order chi connectivity index (χ1) is 9.52. The van der Waals surface area contributed by atoms with E-state index in [0.717, 1.165) is 0 Å². The Balaban J connectivity index is 2.08. The van der Waals surface area contributed by atoms with Gasteiger partial charge in [0, 0.05) is 12.2 Å². The monoisotopic (exact) mass is 298 g/mol. The minimum absolute atomic E-state index is 0.376. The number of anilines is 1. The molecule has 1 heterocycles. The molecule has 1 atom stereocenters. The van der Waals surface area contributed by atoms with Gasteiger partial charge in [-0.2, -0.15) is 0 Å². The van der Waals surface area contributed by atoms with Gasteiger partial charge in [-0.1, -0.05) is 11.6 Å². The molecule has 2 N–H and O–H groups in total. The number of likely N-dealkylation sites (tertiary alicyclic amines) is 1. The van der Waals surface area contributed by atoms with Crippen LogP contribution in [0.2, 0.25) is 5.02 Å². The van der Waals surface area contributed by atoms with Crippen molar-refractivity contribution in [2.45, 2.75) is 18.9 Å². The molecule has 20 heavy (non-hydrogen) atoms. The molecule has 0 aromatic heterocycles. The number of nitrogens with one attached hydrogen (secondary N) is 1. The molecule has 0 bridgehead atoms. The van der Waals surface area contributed by atoms with E-state index in [-0.39, 0.29) is 0 Å². The summed E-state index contributed by atoms with van der Waals surface area (Å²) in [7, 11) is 1.50. The maximum Gasteiger partial charge on any atom is 0.326 e. The molecule has 1 aliphatic heterocycles. The average Bonchev–Trinajstić information content (AvgIpc) is 2.88. The summed E-state index contributed by atoms with van der Waals surface area (Å²) in [5.74, 6) is -0.473. The maximum absolute atomic E-state index is 12.1. The van der Waals surface area contributed by atoms with Gasteiger partial charge < -0.3 is 20.1 Å². The van der Waals surface area contributed by atoms with E-state index in [0.29, 0.717) is 35.8 Å². The molecule has 2 amide bonds. The highest BCUT2D eigenvalue weighted by Crippen LogP contribution is 2.27. The Morgan fingerprint density at radius 1 is 1.50 bits per heavy atom. The molecule has 1 aromatic rings. The van der Waals surface area contributed by atoms with Crippen molar-refractivity contribution in [3.05, 3.63) is 23.2 Å². The molecule has 1 aliphatic rings. The lowest BCUT2D eigenvalue weighted by atomic mass is 10.2. The number of rotatable bonds is 3. The summed E-state index contributed by atoms with van der Waals surface area (Å²) in [6, 6.07) is 3.65. The van der Waals surface area contributed by atoms with Crippen molar-refractivity contribution < 1.29 is 19.4 Å². The van der Waals surface area contributed by atoms with E-state index in [1.807, 2.05) is 0 Å². The van der Waals surface area contributed by atoms with Gasteiger partial charge in [-0.15, -0.1) is 0 Å². The maximum atomic E-state index is 12.1. The number of nitrogens with zero attached hydrogens (tertiary/aromatic N) is 1. The van der Waals surface area contributed by atoms with Gasteiger partial charge in [0.2, 0.25) is 0 Å². The number of methoxy groups -OCH3 is 1. The van der Waals surface area contributed by atoms with Crippen LogP contribution in [0.1, 0.15) is 12.8 Å². The van der Waals surface area contributed by atoms with Crippen molar-refractivity contribution in [2.75, 3.05) is 19.0 Å². The molecule has 1 aromatic carbocycles. The summed E-state index contributed by atoms with van der Waals surface area (Å²) in [5.41, 5.74) is 0.497. The van der Waals surface area contributed by atoms with E-state index in [1.54, 1.807) is 18.2 Å². The third-order valence-corrected chi connectivity index (χ3v) is 3.50. The Hall–Kier alpha value is -1.95. The summed E-state index contributed by atoms with van der Waals surface area (Å²) in [4.78, 5) is 24.4. The van der Waals surface area contributed by atoms with Gasteiger partial charge in [-0.25, -0.2) is 9.59 Å². The van der Waals surface area contributed by atoms with Crippen LogP contribution >= 0.6 is 11.6 Å². The number of aliphatic carboxylic acids is 1. The number of ether oxygens (including phenoxy) is 1. The first-order valence-corrected chi connectivity index (χ1v) is 6.54. The fourth-order valence-electron chi connectivity index (χ4n) is 2.21. The lowest BCUT2D eigenvalue weighted by Gasteiger charge is -2.21. The van der Waals surface area contributed by atoms with E-state index in [4.69, 9.17) is 21.4 Å². The zero-order valence-corrected chi connectivity index (χ0v) is 11.7. The minimum atomic E-state index is -0.981. The molecule has 0 aliphatic carbocycles. The van der Waals surface area contributed by atoms with Crippen LogP contribution in [0, 0.1) is 0 Å². The van der Waals surface area contributed by atoms with Crippen LogP contribution in [-0.2, 0) is 4.79 Å². The molecule has 1 saturated heterocycles. The van der Waals surface area contributed by atoms with Crippen LogP contribution in [0.25, 0.3) is 0 Å². The minimum Gasteiger partial charge on any atom is -0.495 e. The van der Waals surface area contributed by atoms with Crippen LogP contribution in [0.4, 0.5) is 10.5 Å². The van der Waals surface area contributed by atoms with Crippen LogP contribution < -0.4 is 10.1 Å². The molecular weight excluding hydrogens is 284 g/mol. The number of hydrogen-bond acceptors (Lipinski definition) is 3. The SMILES string of the molecule is COc1ccc(NC(=O)N2CCC[C@@H]2C(=O)O)cc1Cl. The number of halogens is 1. The molecule has 0 unspecified atom stereocenters. The molecule has 0 spiro atoms. The highest BCUT2D eigenvalue weighted by molar-refractivity contribution is 6.32. The molecular formula is C13H15ClN2O4.